The van der Waals surface area contributed by atoms with Crippen molar-refractivity contribution in [1.29, 1.82) is 0 Å². The molecule has 1 aliphatic rings. The molecular weight excluding hydrogens is 224 g/mol. The van der Waals surface area contributed by atoms with Gasteiger partial charge in [-0.15, -0.1) is 0 Å². The Bertz CT molecular complexity index is 356. The summed E-state index contributed by atoms with van der Waals surface area (Å²) in [5.74, 6) is 1.56. The van der Waals surface area contributed by atoms with Crippen molar-refractivity contribution >= 4 is 0 Å². The van der Waals surface area contributed by atoms with Crippen LogP contribution in [0.1, 0.15) is 57.1 Å². The molecule has 1 atom stereocenters. The lowest BCUT2D eigenvalue weighted by atomic mass is 9.90. The quantitative estimate of drug-likeness (QED) is 0.850. The second-order valence-corrected chi connectivity index (χ2v) is 5.28. The van der Waals surface area contributed by atoms with Crippen LogP contribution in [-0.2, 0) is 0 Å². The van der Waals surface area contributed by atoms with E-state index in [9.17, 15) is 5.11 Å². The third kappa shape index (κ3) is 3.49. The minimum Gasteiger partial charge on any atom is -0.493 e. The Morgan fingerprint density at radius 2 is 1.94 bits per heavy atom. The lowest BCUT2D eigenvalue weighted by Crippen LogP contribution is -2.16. The molecule has 2 nitrogen and oxygen atoms in total. The summed E-state index contributed by atoms with van der Waals surface area (Å²) in [7, 11) is 0. The molecule has 0 aliphatic heterocycles. The normalized spacial score (nSPS) is 18.6. The Kier molecular flexibility index (Phi) is 5.06. The predicted octanol–water partition coefficient (Wildman–Crippen LogP) is 4.09. The van der Waals surface area contributed by atoms with Gasteiger partial charge in [-0.25, -0.2) is 0 Å². The maximum atomic E-state index is 9.97. The van der Waals surface area contributed by atoms with E-state index in [1.165, 1.54) is 32.1 Å². The standard InChI is InChI=1S/C16H24O2/c1-2-15(17)14-10-6-7-11-16(14)18-12-13-8-4-3-5-9-13/h6-7,10-11,13,15,17H,2-5,8-9,12H2,1H3. The Morgan fingerprint density at radius 3 is 2.67 bits per heavy atom. The molecule has 18 heavy (non-hydrogen) atoms. The first kappa shape index (κ1) is 13.4. The number of rotatable bonds is 5. The third-order valence-corrected chi connectivity index (χ3v) is 3.86. The van der Waals surface area contributed by atoms with Gasteiger partial charge in [0.1, 0.15) is 5.75 Å². The van der Waals surface area contributed by atoms with E-state index in [0.29, 0.717) is 5.92 Å². The molecule has 0 saturated heterocycles. The molecule has 1 saturated carbocycles. The van der Waals surface area contributed by atoms with Crippen molar-refractivity contribution in [3.8, 4) is 5.75 Å². The van der Waals surface area contributed by atoms with E-state index in [1.54, 1.807) is 0 Å². The van der Waals surface area contributed by atoms with Crippen LogP contribution < -0.4 is 4.74 Å². The zero-order valence-corrected chi connectivity index (χ0v) is 11.3. The molecule has 0 spiro atoms. The summed E-state index contributed by atoms with van der Waals surface area (Å²) in [5.41, 5.74) is 0.927. The second-order valence-electron chi connectivity index (χ2n) is 5.28. The molecular formula is C16H24O2. The molecule has 2 rings (SSSR count). The number of aliphatic hydroxyl groups excluding tert-OH is 1. The fourth-order valence-electron chi connectivity index (χ4n) is 2.67. The molecule has 1 aromatic rings. The van der Waals surface area contributed by atoms with Crippen molar-refractivity contribution in [3.05, 3.63) is 29.8 Å². The van der Waals surface area contributed by atoms with Crippen LogP contribution in [0.2, 0.25) is 0 Å². The largest absolute Gasteiger partial charge is 0.493 e. The van der Waals surface area contributed by atoms with Gasteiger partial charge < -0.3 is 9.84 Å². The highest BCUT2D eigenvalue weighted by atomic mass is 16.5. The SMILES string of the molecule is CCC(O)c1ccccc1OCC1CCCCC1. The van der Waals surface area contributed by atoms with Gasteiger partial charge in [-0.1, -0.05) is 44.4 Å². The van der Waals surface area contributed by atoms with Crippen molar-refractivity contribution in [2.24, 2.45) is 5.92 Å². The molecule has 1 aliphatic carbocycles. The summed E-state index contributed by atoms with van der Waals surface area (Å²) in [5, 5.41) is 9.97. The molecule has 100 valence electrons. The van der Waals surface area contributed by atoms with Gasteiger partial charge in [0, 0.05) is 5.56 Å². The fourth-order valence-corrected chi connectivity index (χ4v) is 2.67. The maximum absolute atomic E-state index is 9.97. The predicted molar refractivity (Wildman–Crippen MR) is 73.8 cm³/mol. The number of para-hydroxylation sites is 1. The minimum atomic E-state index is -0.410. The lowest BCUT2D eigenvalue weighted by Gasteiger charge is -2.23. The average molecular weight is 248 g/mol. The monoisotopic (exact) mass is 248 g/mol. The summed E-state index contributed by atoms with van der Waals surface area (Å²) in [6.45, 7) is 2.79. The van der Waals surface area contributed by atoms with E-state index in [4.69, 9.17) is 4.74 Å². The first-order valence-electron chi connectivity index (χ1n) is 7.21. The van der Waals surface area contributed by atoms with Gasteiger partial charge in [-0.05, 0) is 31.2 Å². The Labute approximate surface area is 110 Å². The molecule has 0 heterocycles. The van der Waals surface area contributed by atoms with Crippen LogP contribution in [0.5, 0.6) is 5.75 Å². The molecule has 0 amide bonds. The van der Waals surface area contributed by atoms with E-state index in [2.05, 4.69) is 0 Å². The van der Waals surface area contributed by atoms with E-state index in [1.807, 2.05) is 31.2 Å². The van der Waals surface area contributed by atoms with Crippen LogP contribution in [0, 0.1) is 5.92 Å². The Hall–Kier alpha value is -1.02. The molecule has 0 radical (unpaired) electrons. The molecule has 2 heteroatoms. The topological polar surface area (TPSA) is 29.5 Å². The Morgan fingerprint density at radius 1 is 1.22 bits per heavy atom. The van der Waals surface area contributed by atoms with E-state index >= 15 is 0 Å². The number of benzene rings is 1. The molecule has 0 bridgehead atoms. The van der Waals surface area contributed by atoms with Crippen LogP contribution in [0.25, 0.3) is 0 Å². The van der Waals surface area contributed by atoms with Crippen molar-refractivity contribution < 1.29 is 9.84 Å². The highest BCUT2D eigenvalue weighted by molar-refractivity contribution is 5.35. The smallest absolute Gasteiger partial charge is 0.125 e. The second kappa shape index (κ2) is 6.79. The number of aliphatic hydroxyl groups is 1. The summed E-state index contributed by atoms with van der Waals surface area (Å²) < 4.78 is 5.94. The van der Waals surface area contributed by atoms with Gasteiger partial charge in [0.2, 0.25) is 0 Å². The minimum absolute atomic E-state index is 0.410. The maximum Gasteiger partial charge on any atom is 0.125 e. The van der Waals surface area contributed by atoms with Crippen molar-refractivity contribution in [3.63, 3.8) is 0 Å². The summed E-state index contributed by atoms with van der Waals surface area (Å²) in [4.78, 5) is 0. The van der Waals surface area contributed by atoms with Gasteiger partial charge >= 0.3 is 0 Å². The highest BCUT2D eigenvalue weighted by Crippen LogP contribution is 2.29. The molecule has 1 unspecified atom stereocenters. The molecule has 1 fully saturated rings. The molecule has 0 aromatic heterocycles. The van der Waals surface area contributed by atoms with Gasteiger partial charge in [-0.2, -0.15) is 0 Å². The number of hydrogen-bond donors (Lipinski definition) is 1. The summed E-state index contributed by atoms with van der Waals surface area (Å²) >= 11 is 0. The molecule has 1 N–H and O–H groups in total. The van der Waals surface area contributed by atoms with Crippen LogP contribution >= 0.6 is 0 Å². The Balaban J connectivity index is 1.95. The summed E-state index contributed by atoms with van der Waals surface area (Å²) in [6, 6.07) is 7.87. The highest BCUT2D eigenvalue weighted by Gasteiger charge is 2.16. The van der Waals surface area contributed by atoms with Crippen molar-refractivity contribution in [2.45, 2.75) is 51.6 Å². The van der Waals surface area contributed by atoms with Crippen LogP contribution in [0.3, 0.4) is 0 Å². The first-order valence-corrected chi connectivity index (χ1v) is 7.21. The van der Waals surface area contributed by atoms with Crippen LogP contribution in [0.4, 0.5) is 0 Å². The lowest BCUT2D eigenvalue weighted by molar-refractivity contribution is 0.160. The van der Waals surface area contributed by atoms with Crippen molar-refractivity contribution in [1.82, 2.24) is 0 Å². The van der Waals surface area contributed by atoms with E-state index in [-0.39, 0.29) is 0 Å². The first-order chi connectivity index (χ1) is 8.81. The van der Waals surface area contributed by atoms with Crippen LogP contribution in [0.15, 0.2) is 24.3 Å². The van der Waals surface area contributed by atoms with E-state index in [0.717, 1.165) is 24.3 Å². The van der Waals surface area contributed by atoms with Gasteiger partial charge in [0.15, 0.2) is 0 Å². The fraction of sp³-hybridized carbons (Fsp3) is 0.625. The zero-order valence-electron chi connectivity index (χ0n) is 11.3. The van der Waals surface area contributed by atoms with Gasteiger partial charge in [0.05, 0.1) is 12.7 Å². The number of ether oxygens (including phenoxy) is 1. The van der Waals surface area contributed by atoms with Gasteiger partial charge in [0.25, 0.3) is 0 Å². The van der Waals surface area contributed by atoms with E-state index < -0.39 is 6.10 Å². The molecule has 1 aromatic carbocycles. The zero-order chi connectivity index (χ0) is 12.8. The van der Waals surface area contributed by atoms with Crippen LogP contribution in [-0.4, -0.2) is 11.7 Å². The average Bonchev–Trinajstić information content (AvgIpc) is 2.45. The summed E-state index contributed by atoms with van der Waals surface area (Å²) in [6.07, 6.45) is 6.95. The third-order valence-electron chi connectivity index (χ3n) is 3.86. The number of hydrogen-bond acceptors (Lipinski definition) is 2. The van der Waals surface area contributed by atoms with Crippen molar-refractivity contribution in [2.75, 3.05) is 6.61 Å². The van der Waals surface area contributed by atoms with Gasteiger partial charge in [-0.3, -0.25) is 0 Å².